The number of carbonyl (C=O) groups excluding carboxylic acids is 1. The lowest BCUT2D eigenvalue weighted by molar-refractivity contribution is -0.119. The van der Waals surface area contributed by atoms with Gasteiger partial charge in [-0.3, -0.25) is 4.79 Å². The molecule has 1 N–H and O–H groups in total. The van der Waals surface area contributed by atoms with Crippen molar-refractivity contribution in [1.29, 1.82) is 0 Å². The van der Waals surface area contributed by atoms with Gasteiger partial charge in [0.25, 0.3) is 0 Å². The average Bonchev–Trinajstić information content (AvgIpc) is 2.49. The molecule has 0 radical (unpaired) electrons. The van der Waals surface area contributed by atoms with Crippen LogP contribution in [0.15, 0.2) is 0 Å². The fourth-order valence-corrected chi connectivity index (χ4v) is 2.87. The zero-order chi connectivity index (χ0) is 16.5. The number of hydrogen-bond donors (Lipinski definition) is 1. The molecule has 1 atom stereocenters. The number of carbonyl (C=O) groups is 1. The molecule has 0 aliphatic heterocycles. The number of ketones is 1. The predicted molar refractivity (Wildman–Crippen MR) is 96.2 cm³/mol. The number of Topliss-reactive ketones (excluding diaryl/α,β-unsaturated/α-hetero) is 1. The Kier molecular flexibility index (Phi) is 16.7. The van der Waals surface area contributed by atoms with Gasteiger partial charge in [0.15, 0.2) is 0 Å². The summed E-state index contributed by atoms with van der Waals surface area (Å²) in [6.07, 6.45) is 18.6. The predicted octanol–water partition coefficient (Wildman–Crippen LogP) is 6.20. The van der Waals surface area contributed by atoms with Crippen LogP contribution in [-0.4, -0.2) is 17.0 Å². The first-order valence-electron chi connectivity index (χ1n) is 9.86. The highest BCUT2D eigenvalue weighted by Crippen LogP contribution is 2.13. The summed E-state index contributed by atoms with van der Waals surface area (Å²) in [6.45, 7) is 4.08. The van der Waals surface area contributed by atoms with E-state index in [9.17, 15) is 4.79 Å². The monoisotopic (exact) mass is 312 g/mol. The standard InChI is InChI=1S/C20H40O2/c1-3-4-5-14-17-20(22)18-15-12-10-8-6-7-9-11-13-16-19(2)21/h19,21H,3-18H2,1-2H3. The normalized spacial score (nSPS) is 12.5. The van der Waals surface area contributed by atoms with Crippen molar-refractivity contribution in [3.05, 3.63) is 0 Å². The third kappa shape index (κ3) is 17.7. The second-order valence-corrected chi connectivity index (χ2v) is 6.92. The smallest absolute Gasteiger partial charge is 0.132 e. The minimum absolute atomic E-state index is 0.130. The largest absolute Gasteiger partial charge is 0.393 e. The molecule has 2 nitrogen and oxygen atoms in total. The molecule has 1 unspecified atom stereocenters. The van der Waals surface area contributed by atoms with Crippen LogP contribution < -0.4 is 0 Å². The maximum Gasteiger partial charge on any atom is 0.132 e. The maximum atomic E-state index is 11.7. The molecule has 0 aliphatic rings. The third-order valence-corrected chi connectivity index (χ3v) is 4.39. The molecule has 0 aliphatic carbocycles. The van der Waals surface area contributed by atoms with Crippen LogP contribution in [0.25, 0.3) is 0 Å². The summed E-state index contributed by atoms with van der Waals surface area (Å²) < 4.78 is 0. The van der Waals surface area contributed by atoms with Crippen LogP contribution in [0.2, 0.25) is 0 Å². The molecule has 132 valence electrons. The summed E-state index contributed by atoms with van der Waals surface area (Å²) in [5, 5.41) is 9.16. The minimum Gasteiger partial charge on any atom is -0.393 e. The Hall–Kier alpha value is -0.370. The third-order valence-electron chi connectivity index (χ3n) is 4.39. The molecule has 2 heteroatoms. The van der Waals surface area contributed by atoms with Gasteiger partial charge in [0.1, 0.15) is 5.78 Å². The van der Waals surface area contributed by atoms with Gasteiger partial charge in [-0.2, -0.15) is 0 Å². The summed E-state index contributed by atoms with van der Waals surface area (Å²) in [7, 11) is 0. The second-order valence-electron chi connectivity index (χ2n) is 6.92. The van der Waals surface area contributed by atoms with Crippen LogP contribution in [-0.2, 0) is 4.79 Å². The first-order valence-corrected chi connectivity index (χ1v) is 9.86. The van der Waals surface area contributed by atoms with E-state index in [0.717, 1.165) is 38.5 Å². The number of unbranched alkanes of at least 4 members (excludes halogenated alkanes) is 11. The van der Waals surface area contributed by atoms with Crippen molar-refractivity contribution >= 4 is 5.78 Å². The van der Waals surface area contributed by atoms with Crippen LogP contribution in [0.4, 0.5) is 0 Å². The Balaban J connectivity index is 3.12. The highest BCUT2D eigenvalue weighted by Gasteiger charge is 2.01. The van der Waals surface area contributed by atoms with E-state index in [1.807, 2.05) is 6.92 Å². The highest BCUT2D eigenvalue weighted by molar-refractivity contribution is 5.78. The van der Waals surface area contributed by atoms with Crippen molar-refractivity contribution in [2.45, 2.75) is 123 Å². The van der Waals surface area contributed by atoms with Gasteiger partial charge in [-0.1, -0.05) is 77.6 Å². The van der Waals surface area contributed by atoms with Crippen molar-refractivity contribution in [3.63, 3.8) is 0 Å². The zero-order valence-corrected chi connectivity index (χ0v) is 15.2. The minimum atomic E-state index is -0.130. The molecule has 0 amide bonds. The first kappa shape index (κ1) is 21.6. The van der Waals surface area contributed by atoms with Gasteiger partial charge in [0, 0.05) is 12.8 Å². The van der Waals surface area contributed by atoms with Gasteiger partial charge >= 0.3 is 0 Å². The lowest BCUT2D eigenvalue weighted by Crippen LogP contribution is -1.98. The van der Waals surface area contributed by atoms with Gasteiger partial charge in [-0.15, -0.1) is 0 Å². The van der Waals surface area contributed by atoms with E-state index in [2.05, 4.69) is 6.92 Å². The molecule has 0 spiro atoms. The van der Waals surface area contributed by atoms with E-state index in [1.54, 1.807) is 0 Å². The molecule has 0 fully saturated rings. The molecule has 0 bridgehead atoms. The maximum absolute atomic E-state index is 11.7. The van der Waals surface area contributed by atoms with E-state index >= 15 is 0 Å². The molecule has 0 rings (SSSR count). The summed E-state index contributed by atoms with van der Waals surface area (Å²) in [5.41, 5.74) is 0. The molecule has 0 aromatic carbocycles. The number of hydrogen-bond acceptors (Lipinski definition) is 2. The van der Waals surface area contributed by atoms with Crippen molar-refractivity contribution in [1.82, 2.24) is 0 Å². The summed E-state index contributed by atoms with van der Waals surface area (Å²) in [4.78, 5) is 11.7. The Morgan fingerprint density at radius 2 is 1.14 bits per heavy atom. The van der Waals surface area contributed by atoms with E-state index in [4.69, 9.17) is 5.11 Å². The molecule has 0 aromatic rings. The summed E-state index contributed by atoms with van der Waals surface area (Å²) >= 11 is 0. The van der Waals surface area contributed by atoms with Gasteiger partial charge in [-0.05, 0) is 26.2 Å². The Morgan fingerprint density at radius 3 is 1.59 bits per heavy atom. The van der Waals surface area contributed by atoms with E-state index in [-0.39, 0.29) is 6.10 Å². The van der Waals surface area contributed by atoms with Crippen LogP contribution in [0, 0.1) is 0 Å². The lowest BCUT2D eigenvalue weighted by Gasteiger charge is -2.04. The Morgan fingerprint density at radius 1 is 0.727 bits per heavy atom. The van der Waals surface area contributed by atoms with Crippen LogP contribution >= 0.6 is 0 Å². The van der Waals surface area contributed by atoms with Crippen molar-refractivity contribution < 1.29 is 9.90 Å². The van der Waals surface area contributed by atoms with Gasteiger partial charge in [0.05, 0.1) is 6.10 Å². The SMILES string of the molecule is CCCCCCC(=O)CCCCCCCCCCCC(C)O. The molecule has 22 heavy (non-hydrogen) atoms. The lowest BCUT2D eigenvalue weighted by atomic mass is 10.0. The van der Waals surface area contributed by atoms with E-state index in [0.29, 0.717) is 5.78 Å². The van der Waals surface area contributed by atoms with Crippen molar-refractivity contribution in [2.24, 2.45) is 0 Å². The van der Waals surface area contributed by atoms with Gasteiger partial charge in [-0.25, -0.2) is 0 Å². The molecule has 0 saturated carbocycles. The second kappa shape index (κ2) is 17.0. The molecule has 0 saturated heterocycles. The Labute approximate surface area is 139 Å². The van der Waals surface area contributed by atoms with Crippen molar-refractivity contribution in [3.8, 4) is 0 Å². The number of rotatable bonds is 17. The van der Waals surface area contributed by atoms with Crippen LogP contribution in [0.1, 0.15) is 117 Å². The van der Waals surface area contributed by atoms with E-state index < -0.39 is 0 Å². The zero-order valence-electron chi connectivity index (χ0n) is 15.2. The molecular formula is C20H40O2. The van der Waals surface area contributed by atoms with Gasteiger partial charge in [0.2, 0.25) is 0 Å². The molecular weight excluding hydrogens is 272 g/mol. The summed E-state index contributed by atoms with van der Waals surface area (Å²) in [5.74, 6) is 0.481. The fraction of sp³-hybridized carbons (Fsp3) is 0.950. The van der Waals surface area contributed by atoms with Gasteiger partial charge < -0.3 is 5.11 Å². The number of aliphatic hydroxyl groups is 1. The van der Waals surface area contributed by atoms with Crippen molar-refractivity contribution in [2.75, 3.05) is 0 Å². The average molecular weight is 313 g/mol. The molecule has 0 aromatic heterocycles. The number of aliphatic hydroxyl groups excluding tert-OH is 1. The topological polar surface area (TPSA) is 37.3 Å². The fourth-order valence-electron chi connectivity index (χ4n) is 2.87. The summed E-state index contributed by atoms with van der Waals surface area (Å²) in [6, 6.07) is 0. The quantitative estimate of drug-likeness (QED) is 0.325. The first-order chi connectivity index (χ1) is 10.7. The Bertz CT molecular complexity index is 236. The van der Waals surface area contributed by atoms with Crippen LogP contribution in [0.3, 0.4) is 0 Å². The van der Waals surface area contributed by atoms with E-state index in [1.165, 1.54) is 64.2 Å². The highest BCUT2D eigenvalue weighted by atomic mass is 16.3. The van der Waals surface area contributed by atoms with Crippen LogP contribution in [0.5, 0.6) is 0 Å². The molecule has 0 heterocycles.